The number of carbonyl (C=O) groups excluding carboxylic acids is 2. The van der Waals surface area contributed by atoms with Crippen LogP contribution in [0.15, 0.2) is 0 Å². The highest BCUT2D eigenvalue weighted by molar-refractivity contribution is 5.86. The SMILES string of the molecule is CC(C)(C)NC(=O)CNC(=O)C1CCOCC1. The van der Waals surface area contributed by atoms with Gasteiger partial charge in [0.15, 0.2) is 0 Å². The van der Waals surface area contributed by atoms with Gasteiger partial charge in [-0.3, -0.25) is 9.59 Å². The molecule has 0 saturated carbocycles. The molecule has 0 atom stereocenters. The molecule has 1 saturated heterocycles. The molecule has 1 heterocycles. The highest BCUT2D eigenvalue weighted by atomic mass is 16.5. The first-order valence-electron chi connectivity index (χ1n) is 6.05. The van der Waals surface area contributed by atoms with E-state index >= 15 is 0 Å². The second-order valence-electron chi connectivity index (χ2n) is 5.40. The molecule has 17 heavy (non-hydrogen) atoms. The number of amides is 2. The lowest BCUT2D eigenvalue weighted by molar-refractivity contribution is -0.131. The van der Waals surface area contributed by atoms with Crippen LogP contribution in [0.4, 0.5) is 0 Å². The predicted octanol–water partition coefficient (Wildman–Crippen LogP) is 0.444. The molecule has 1 aliphatic rings. The van der Waals surface area contributed by atoms with Crippen LogP contribution in [-0.2, 0) is 14.3 Å². The van der Waals surface area contributed by atoms with E-state index in [1.54, 1.807) is 0 Å². The fraction of sp³-hybridized carbons (Fsp3) is 0.833. The lowest BCUT2D eigenvalue weighted by Gasteiger charge is -2.23. The maximum absolute atomic E-state index is 11.7. The van der Waals surface area contributed by atoms with Crippen molar-refractivity contribution in [2.75, 3.05) is 19.8 Å². The predicted molar refractivity (Wildman–Crippen MR) is 64.4 cm³/mol. The van der Waals surface area contributed by atoms with Crippen LogP contribution in [0.25, 0.3) is 0 Å². The first kappa shape index (κ1) is 14.0. The van der Waals surface area contributed by atoms with Gasteiger partial charge in [0, 0.05) is 24.7 Å². The summed E-state index contributed by atoms with van der Waals surface area (Å²) in [6, 6.07) is 0. The van der Waals surface area contributed by atoms with Gasteiger partial charge in [0.25, 0.3) is 0 Å². The molecule has 2 N–H and O–H groups in total. The minimum absolute atomic E-state index is 0.00816. The number of rotatable bonds is 3. The van der Waals surface area contributed by atoms with Crippen molar-refractivity contribution < 1.29 is 14.3 Å². The van der Waals surface area contributed by atoms with Gasteiger partial charge in [-0.15, -0.1) is 0 Å². The zero-order chi connectivity index (χ0) is 12.9. The number of hydrogen-bond acceptors (Lipinski definition) is 3. The molecule has 98 valence electrons. The molecule has 5 nitrogen and oxygen atoms in total. The van der Waals surface area contributed by atoms with Crippen LogP contribution < -0.4 is 10.6 Å². The van der Waals surface area contributed by atoms with Crippen molar-refractivity contribution in [3.8, 4) is 0 Å². The molecule has 0 spiro atoms. The van der Waals surface area contributed by atoms with E-state index in [1.165, 1.54) is 0 Å². The van der Waals surface area contributed by atoms with E-state index < -0.39 is 0 Å². The molecule has 1 fully saturated rings. The molecule has 0 unspecified atom stereocenters. The first-order valence-corrected chi connectivity index (χ1v) is 6.05. The summed E-state index contributed by atoms with van der Waals surface area (Å²) in [6.45, 7) is 7.04. The highest BCUT2D eigenvalue weighted by Gasteiger charge is 2.22. The zero-order valence-corrected chi connectivity index (χ0v) is 10.8. The molecule has 2 amide bonds. The van der Waals surface area contributed by atoms with Crippen molar-refractivity contribution >= 4 is 11.8 Å². The third-order valence-electron chi connectivity index (χ3n) is 2.53. The third kappa shape index (κ3) is 5.68. The number of carbonyl (C=O) groups is 2. The van der Waals surface area contributed by atoms with Gasteiger partial charge in [-0.2, -0.15) is 0 Å². The molecule has 1 rings (SSSR count). The minimum atomic E-state index is -0.263. The Hall–Kier alpha value is -1.10. The van der Waals surface area contributed by atoms with Crippen molar-refractivity contribution in [3.05, 3.63) is 0 Å². The molecule has 0 aromatic heterocycles. The van der Waals surface area contributed by atoms with Crippen molar-refractivity contribution in [3.63, 3.8) is 0 Å². The fourth-order valence-electron chi connectivity index (χ4n) is 1.73. The first-order chi connectivity index (χ1) is 7.88. The average Bonchev–Trinajstić information content (AvgIpc) is 2.25. The average molecular weight is 242 g/mol. The molecule has 0 aromatic carbocycles. The second-order valence-corrected chi connectivity index (χ2v) is 5.40. The largest absolute Gasteiger partial charge is 0.381 e. The van der Waals surface area contributed by atoms with E-state index in [4.69, 9.17) is 4.74 Å². The summed E-state index contributed by atoms with van der Waals surface area (Å²) in [7, 11) is 0. The summed E-state index contributed by atoms with van der Waals surface area (Å²) in [4.78, 5) is 23.2. The lowest BCUT2D eigenvalue weighted by atomic mass is 9.99. The van der Waals surface area contributed by atoms with Crippen molar-refractivity contribution in [1.82, 2.24) is 10.6 Å². The quantitative estimate of drug-likeness (QED) is 0.755. The molecule has 0 radical (unpaired) electrons. The summed E-state index contributed by atoms with van der Waals surface area (Å²) in [5.74, 6) is -0.207. The molecule has 0 bridgehead atoms. The molecular formula is C12H22N2O3. The maximum Gasteiger partial charge on any atom is 0.239 e. The fourth-order valence-corrected chi connectivity index (χ4v) is 1.73. The Balaban J connectivity index is 2.25. The Bertz CT molecular complexity index is 278. The number of ether oxygens (including phenoxy) is 1. The van der Waals surface area contributed by atoms with Crippen LogP contribution in [0.2, 0.25) is 0 Å². The van der Waals surface area contributed by atoms with Crippen molar-refractivity contribution in [2.45, 2.75) is 39.2 Å². The lowest BCUT2D eigenvalue weighted by Crippen LogP contribution is -2.47. The summed E-state index contributed by atoms with van der Waals surface area (Å²) >= 11 is 0. The van der Waals surface area contributed by atoms with Crippen LogP contribution in [0.5, 0.6) is 0 Å². The van der Waals surface area contributed by atoms with Gasteiger partial charge >= 0.3 is 0 Å². The van der Waals surface area contributed by atoms with Crippen LogP contribution in [-0.4, -0.2) is 37.1 Å². The summed E-state index contributed by atoms with van der Waals surface area (Å²) in [5.41, 5.74) is -0.263. The van der Waals surface area contributed by atoms with Gasteiger partial charge in [0.2, 0.25) is 11.8 Å². The zero-order valence-electron chi connectivity index (χ0n) is 10.8. The Kier molecular flexibility index (Phi) is 4.93. The Morgan fingerprint density at radius 2 is 1.82 bits per heavy atom. The van der Waals surface area contributed by atoms with E-state index in [2.05, 4.69) is 10.6 Å². The summed E-state index contributed by atoms with van der Waals surface area (Å²) < 4.78 is 5.18. The molecular weight excluding hydrogens is 220 g/mol. The molecule has 1 aliphatic heterocycles. The van der Waals surface area contributed by atoms with Crippen LogP contribution in [0.3, 0.4) is 0 Å². The van der Waals surface area contributed by atoms with Crippen LogP contribution >= 0.6 is 0 Å². The Labute approximate surface area is 102 Å². The minimum Gasteiger partial charge on any atom is -0.381 e. The molecule has 0 aromatic rings. The third-order valence-corrected chi connectivity index (χ3v) is 2.53. The Morgan fingerprint density at radius 3 is 2.35 bits per heavy atom. The van der Waals surface area contributed by atoms with Gasteiger partial charge in [0.1, 0.15) is 0 Å². The normalized spacial score (nSPS) is 17.6. The molecule has 0 aliphatic carbocycles. The number of hydrogen-bond donors (Lipinski definition) is 2. The molecule has 5 heteroatoms. The van der Waals surface area contributed by atoms with Gasteiger partial charge in [0.05, 0.1) is 6.54 Å². The number of nitrogens with one attached hydrogen (secondary N) is 2. The van der Waals surface area contributed by atoms with E-state index in [1.807, 2.05) is 20.8 Å². The van der Waals surface area contributed by atoms with Gasteiger partial charge in [-0.25, -0.2) is 0 Å². The van der Waals surface area contributed by atoms with E-state index in [0.29, 0.717) is 13.2 Å². The highest BCUT2D eigenvalue weighted by Crippen LogP contribution is 2.14. The maximum atomic E-state index is 11.7. The summed E-state index contributed by atoms with van der Waals surface area (Å²) in [6.07, 6.45) is 1.49. The van der Waals surface area contributed by atoms with Gasteiger partial charge < -0.3 is 15.4 Å². The van der Waals surface area contributed by atoms with Gasteiger partial charge in [-0.05, 0) is 33.6 Å². The topological polar surface area (TPSA) is 67.4 Å². The van der Waals surface area contributed by atoms with E-state index in [-0.39, 0.29) is 29.8 Å². The van der Waals surface area contributed by atoms with Crippen LogP contribution in [0.1, 0.15) is 33.6 Å². The van der Waals surface area contributed by atoms with E-state index in [9.17, 15) is 9.59 Å². The summed E-state index contributed by atoms with van der Waals surface area (Å²) in [5, 5.41) is 5.47. The van der Waals surface area contributed by atoms with Crippen molar-refractivity contribution in [2.24, 2.45) is 5.92 Å². The Morgan fingerprint density at radius 1 is 1.24 bits per heavy atom. The van der Waals surface area contributed by atoms with E-state index in [0.717, 1.165) is 12.8 Å². The van der Waals surface area contributed by atoms with Gasteiger partial charge in [-0.1, -0.05) is 0 Å². The van der Waals surface area contributed by atoms with Crippen molar-refractivity contribution in [1.29, 1.82) is 0 Å². The van der Waals surface area contributed by atoms with Crippen LogP contribution in [0, 0.1) is 5.92 Å². The monoisotopic (exact) mass is 242 g/mol. The standard InChI is InChI=1S/C12H22N2O3/c1-12(2,3)14-10(15)8-13-11(16)9-4-6-17-7-5-9/h9H,4-8H2,1-3H3,(H,13,16)(H,14,15). The smallest absolute Gasteiger partial charge is 0.239 e. The second kappa shape index (κ2) is 6.00.